The molecule has 0 saturated carbocycles. The molecule has 1 aromatic rings. The fourth-order valence-electron chi connectivity index (χ4n) is 1.26. The third-order valence-electron chi connectivity index (χ3n) is 1.88. The van der Waals surface area contributed by atoms with E-state index in [2.05, 4.69) is 0 Å². The first-order valence-electron chi connectivity index (χ1n) is 4.27. The predicted octanol–water partition coefficient (Wildman–Crippen LogP) is 2.06. The molecule has 0 aliphatic heterocycles. The highest BCUT2D eigenvalue weighted by Gasteiger charge is 2.08. The summed E-state index contributed by atoms with van der Waals surface area (Å²) >= 11 is 0. The van der Waals surface area contributed by atoms with E-state index in [1.54, 1.807) is 6.07 Å². The molecule has 0 unspecified atom stereocenters. The lowest BCUT2D eigenvalue weighted by atomic mass is 10.1. The maximum atomic E-state index is 9.61. The Bertz CT molecular complexity index is 294. The number of benzene rings is 1. The number of hydrogen-bond donors (Lipinski definition) is 2. The van der Waals surface area contributed by atoms with Crippen molar-refractivity contribution in [3.63, 3.8) is 0 Å². The van der Waals surface area contributed by atoms with Gasteiger partial charge in [0, 0.05) is 11.6 Å². The van der Waals surface area contributed by atoms with Gasteiger partial charge in [-0.3, -0.25) is 0 Å². The van der Waals surface area contributed by atoms with Gasteiger partial charge in [0.25, 0.3) is 0 Å². The van der Waals surface area contributed by atoms with E-state index in [-0.39, 0.29) is 11.5 Å². The Hall–Kier alpha value is -1.38. The number of hydrogen-bond acceptors (Lipinski definition) is 3. The van der Waals surface area contributed by atoms with E-state index in [1.807, 2.05) is 6.92 Å². The van der Waals surface area contributed by atoms with Gasteiger partial charge in [0.1, 0.15) is 5.75 Å². The summed E-state index contributed by atoms with van der Waals surface area (Å²) in [5.74, 6) is 0.573. The molecule has 0 aromatic heterocycles. The van der Waals surface area contributed by atoms with Crippen LogP contribution in [-0.2, 0) is 6.42 Å². The summed E-state index contributed by atoms with van der Waals surface area (Å²) in [5.41, 5.74) is 0.722. The molecule has 3 nitrogen and oxygen atoms in total. The zero-order valence-corrected chi connectivity index (χ0v) is 7.87. The third-order valence-corrected chi connectivity index (χ3v) is 1.88. The van der Waals surface area contributed by atoms with Crippen molar-refractivity contribution in [2.24, 2.45) is 0 Å². The second kappa shape index (κ2) is 4.03. The molecule has 72 valence electrons. The van der Waals surface area contributed by atoms with Gasteiger partial charge in [0.05, 0.1) is 7.11 Å². The molecule has 1 rings (SSSR count). The van der Waals surface area contributed by atoms with E-state index in [0.717, 1.165) is 18.4 Å². The number of phenols is 2. The van der Waals surface area contributed by atoms with Gasteiger partial charge in [-0.2, -0.15) is 0 Å². The van der Waals surface area contributed by atoms with Crippen molar-refractivity contribution in [3.8, 4) is 17.2 Å². The van der Waals surface area contributed by atoms with Crippen molar-refractivity contribution in [2.75, 3.05) is 7.11 Å². The van der Waals surface area contributed by atoms with Crippen LogP contribution in [-0.4, -0.2) is 17.3 Å². The minimum absolute atomic E-state index is 0.123. The highest BCUT2D eigenvalue weighted by Crippen LogP contribution is 2.34. The lowest BCUT2D eigenvalue weighted by Gasteiger charge is -2.08. The molecule has 0 radical (unpaired) electrons. The normalized spacial score (nSPS) is 10.0. The quantitative estimate of drug-likeness (QED) is 0.703. The van der Waals surface area contributed by atoms with Crippen LogP contribution in [0.4, 0.5) is 0 Å². The van der Waals surface area contributed by atoms with Crippen molar-refractivity contribution in [3.05, 3.63) is 17.7 Å². The average Bonchev–Trinajstić information content (AvgIpc) is 2.11. The number of aromatic hydroxyl groups is 2. The highest BCUT2D eigenvalue weighted by atomic mass is 16.5. The predicted molar refractivity (Wildman–Crippen MR) is 50.3 cm³/mol. The smallest absolute Gasteiger partial charge is 0.164 e. The van der Waals surface area contributed by atoms with Gasteiger partial charge in [0.2, 0.25) is 0 Å². The van der Waals surface area contributed by atoms with Crippen molar-refractivity contribution in [1.29, 1.82) is 0 Å². The number of phenolic OH excluding ortho intramolecular Hbond substituents is 2. The minimum Gasteiger partial charge on any atom is -0.508 e. The third kappa shape index (κ3) is 2.05. The van der Waals surface area contributed by atoms with Crippen LogP contribution in [0.25, 0.3) is 0 Å². The monoisotopic (exact) mass is 182 g/mol. The van der Waals surface area contributed by atoms with E-state index in [4.69, 9.17) is 4.74 Å². The summed E-state index contributed by atoms with van der Waals surface area (Å²) in [4.78, 5) is 0. The fourth-order valence-corrected chi connectivity index (χ4v) is 1.26. The molecule has 0 spiro atoms. The zero-order chi connectivity index (χ0) is 9.84. The van der Waals surface area contributed by atoms with Crippen molar-refractivity contribution < 1.29 is 14.9 Å². The first kappa shape index (κ1) is 9.71. The Morgan fingerprint density at radius 3 is 2.54 bits per heavy atom. The standard InChI is InChI=1S/C10H14O3/c1-3-4-7-5-8(11)6-9(13-2)10(7)12/h5-6,11-12H,3-4H2,1-2H3. The number of aryl methyl sites for hydroxylation is 1. The van der Waals surface area contributed by atoms with Crippen LogP contribution in [0.5, 0.6) is 17.2 Å². The second-order valence-corrected chi connectivity index (χ2v) is 2.91. The Balaban J connectivity index is 3.11. The summed E-state index contributed by atoms with van der Waals surface area (Å²) in [6.45, 7) is 2.01. The largest absolute Gasteiger partial charge is 0.508 e. The summed E-state index contributed by atoms with van der Waals surface area (Å²) in [5, 5.41) is 18.9. The maximum Gasteiger partial charge on any atom is 0.164 e. The molecule has 0 heterocycles. The Labute approximate surface area is 77.6 Å². The van der Waals surface area contributed by atoms with Crippen molar-refractivity contribution in [1.82, 2.24) is 0 Å². The molecule has 0 atom stereocenters. The first-order chi connectivity index (χ1) is 6.19. The van der Waals surface area contributed by atoms with Crippen LogP contribution in [0.1, 0.15) is 18.9 Å². The lowest BCUT2D eigenvalue weighted by Crippen LogP contribution is -1.89. The summed E-state index contributed by atoms with van der Waals surface area (Å²) in [6, 6.07) is 2.95. The number of methoxy groups -OCH3 is 1. The van der Waals surface area contributed by atoms with Gasteiger partial charge in [-0.15, -0.1) is 0 Å². The first-order valence-corrected chi connectivity index (χ1v) is 4.27. The van der Waals surface area contributed by atoms with Crippen molar-refractivity contribution >= 4 is 0 Å². The molecule has 0 amide bonds. The van der Waals surface area contributed by atoms with Crippen molar-refractivity contribution in [2.45, 2.75) is 19.8 Å². The highest BCUT2D eigenvalue weighted by molar-refractivity contribution is 5.50. The van der Waals surface area contributed by atoms with Crippen LogP contribution in [0, 0.1) is 0 Å². The fraction of sp³-hybridized carbons (Fsp3) is 0.400. The molecule has 13 heavy (non-hydrogen) atoms. The number of rotatable bonds is 3. The SMILES string of the molecule is CCCc1cc(O)cc(OC)c1O. The van der Waals surface area contributed by atoms with Gasteiger partial charge in [-0.05, 0) is 12.5 Å². The topological polar surface area (TPSA) is 49.7 Å². The van der Waals surface area contributed by atoms with E-state index < -0.39 is 0 Å². The van der Waals surface area contributed by atoms with E-state index in [1.165, 1.54) is 13.2 Å². The Kier molecular flexibility index (Phi) is 3.01. The average molecular weight is 182 g/mol. The van der Waals surface area contributed by atoms with E-state index in [9.17, 15) is 10.2 Å². The molecular formula is C10H14O3. The molecule has 1 aromatic carbocycles. The van der Waals surface area contributed by atoms with E-state index >= 15 is 0 Å². The summed E-state index contributed by atoms with van der Waals surface area (Å²) in [6.07, 6.45) is 1.65. The molecule has 0 bridgehead atoms. The number of ether oxygens (including phenoxy) is 1. The summed E-state index contributed by atoms with van der Waals surface area (Å²) < 4.78 is 4.90. The van der Waals surface area contributed by atoms with Crippen LogP contribution in [0.3, 0.4) is 0 Å². The summed E-state index contributed by atoms with van der Waals surface area (Å²) in [7, 11) is 1.46. The Morgan fingerprint density at radius 2 is 2.00 bits per heavy atom. The van der Waals surface area contributed by atoms with Crippen LogP contribution >= 0.6 is 0 Å². The second-order valence-electron chi connectivity index (χ2n) is 2.91. The van der Waals surface area contributed by atoms with Crippen LogP contribution < -0.4 is 4.74 Å². The van der Waals surface area contributed by atoms with E-state index in [0.29, 0.717) is 5.75 Å². The molecule has 3 heteroatoms. The minimum atomic E-state index is 0.123. The van der Waals surface area contributed by atoms with Gasteiger partial charge in [-0.25, -0.2) is 0 Å². The lowest BCUT2D eigenvalue weighted by molar-refractivity contribution is 0.365. The maximum absolute atomic E-state index is 9.61. The van der Waals surface area contributed by atoms with Gasteiger partial charge in [0.15, 0.2) is 11.5 Å². The van der Waals surface area contributed by atoms with Crippen LogP contribution in [0.15, 0.2) is 12.1 Å². The molecule has 2 N–H and O–H groups in total. The molecule has 0 aliphatic carbocycles. The van der Waals surface area contributed by atoms with Gasteiger partial charge < -0.3 is 14.9 Å². The Morgan fingerprint density at radius 1 is 1.31 bits per heavy atom. The van der Waals surface area contributed by atoms with Crippen LogP contribution in [0.2, 0.25) is 0 Å². The molecule has 0 saturated heterocycles. The van der Waals surface area contributed by atoms with Gasteiger partial charge in [-0.1, -0.05) is 13.3 Å². The zero-order valence-electron chi connectivity index (χ0n) is 7.87. The van der Waals surface area contributed by atoms with Gasteiger partial charge >= 0.3 is 0 Å². The molecule has 0 fully saturated rings. The molecule has 0 aliphatic rings. The molecular weight excluding hydrogens is 168 g/mol.